The summed E-state index contributed by atoms with van der Waals surface area (Å²) >= 11 is 0. The van der Waals surface area contributed by atoms with E-state index in [9.17, 15) is 35.4 Å². The van der Waals surface area contributed by atoms with Crippen molar-refractivity contribution >= 4 is 5.78 Å². The number of hydrogen-bond donors (Lipinski definition) is 6. The molecule has 2 aliphatic carbocycles. The molecule has 6 N–H and O–H groups in total. The number of ether oxygens (including phenoxy) is 1. The Bertz CT molecular complexity index is 685. The van der Waals surface area contributed by atoms with Crippen LogP contribution in [0.4, 0.5) is 0 Å². The lowest BCUT2D eigenvalue weighted by molar-refractivity contribution is -0.240. The monoisotopic (exact) mass is 340 g/mol. The number of Topliss-reactive ketones (excluding diaryl/α,β-unsaturated/α-hetero) is 1. The number of carbonyl (C=O) groups is 1. The van der Waals surface area contributed by atoms with Crippen LogP contribution in [0.25, 0.3) is 0 Å². The Morgan fingerprint density at radius 3 is 2.33 bits per heavy atom. The first-order valence-corrected chi connectivity index (χ1v) is 7.52. The molecule has 0 saturated heterocycles. The summed E-state index contributed by atoms with van der Waals surface area (Å²) in [6.45, 7) is 1.12. The third kappa shape index (κ3) is 2.08. The van der Waals surface area contributed by atoms with E-state index in [1.54, 1.807) is 0 Å². The molecule has 8 heteroatoms. The number of aliphatic hydroxyl groups is 5. The minimum Gasteiger partial charge on any atom is -0.507 e. The highest BCUT2D eigenvalue weighted by Crippen LogP contribution is 2.51. The second-order valence-corrected chi connectivity index (χ2v) is 6.63. The molecule has 1 aromatic rings. The van der Waals surface area contributed by atoms with Crippen LogP contribution in [0.1, 0.15) is 28.9 Å². The van der Waals surface area contributed by atoms with E-state index in [0.29, 0.717) is 0 Å². The smallest absolute Gasteiger partial charge is 0.173 e. The molecule has 0 radical (unpaired) electrons. The quantitative estimate of drug-likeness (QED) is 0.370. The fourth-order valence-electron chi connectivity index (χ4n) is 3.85. The average Bonchev–Trinajstić information content (AvgIpc) is 2.53. The van der Waals surface area contributed by atoms with Crippen molar-refractivity contribution in [3.05, 3.63) is 23.3 Å². The van der Waals surface area contributed by atoms with Gasteiger partial charge in [-0.05, 0) is 18.6 Å². The van der Waals surface area contributed by atoms with E-state index in [1.165, 1.54) is 19.2 Å². The molecule has 0 spiro atoms. The summed E-state index contributed by atoms with van der Waals surface area (Å²) in [5, 5.41) is 61.7. The molecule has 3 rings (SSSR count). The second kappa shape index (κ2) is 5.40. The maximum Gasteiger partial charge on any atom is 0.173 e. The Hall–Kier alpha value is -1.71. The van der Waals surface area contributed by atoms with Crippen LogP contribution in [-0.4, -0.2) is 67.4 Å². The lowest BCUT2D eigenvalue weighted by Gasteiger charge is -2.52. The van der Waals surface area contributed by atoms with Gasteiger partial charge in [-0.25, -0.2) is 0 Å². The van der Waals surface area contributed by atoms with Crippen LogP contribution in [0, 0.1) is 11.8 Å². The summed E-state index contributed by atoms with van der Waals surface area (Å²) < 4.78 is 5.00. The van der Waals surface area contributed by atoms with Crippen molar-refractivity contribution in [2.45, 2.75) is 36.9 Å². The number of hydrogen-bond acceptors (Lipinski definition) is 8. The number of methoxy groups -OCH3 is 1. The molecule has 0 unspecified atom stereocenters. The van der Waals surface area contributed by atoms with Crippen LogP contribution >= 0.6 is 0 Å². The van der Waals surface area contributed by atoms with E-state index in [0.717, 1.165) is 6.92 Å². The summed E-state index contributed by atoms with van der Waals surface area (Å²) in [5.41, 5.74) is -2.26. The maximum absolute atomic E-state index is 12.8. The first kappa shape index (κ1) is 17.1. The normalized spacial score (nSPS) is 41.5. The number of benzene rings is 1. The summed E-state index contributed by atoms with van der Waals surface area (Å²) in [4.78, 5) is 12.8. The number of rotatable bonds is 1. The van der Waals surface area contributed by atoms with Gasteiger partial charge in [0.05, 0.1) is 36.9 Å². The van der Waals surface area contributed by atoms with Crippen molar-refractivity contribution in [3.8, 4) is 11.5 Å². The molecule has 0 heterocycles. The molecule has 8 nitrogen and oxygen atoms in total. The maximum atomic E-state index is 12.8. The zero-order valence-corrected chi connectivity index (χ0v) is 13.1. The van der Waals surface area contributed by atoms with Crippen molar-refractivity contribution in [2.24, 2.45) is 11.8 Å². The molecular weight excluding hydrogens is 320 g/mol. The molecule has 1 saturated carbocycles. The Labute approximate surface area is 137 Å². The number of carbonyl (C=O) groups excluding carboxylic acids is 1. The van der Waals surface area contributed by atoms with Crippen molar-refractivity contribution in [3.63, 3.8) is 0 Å². The molecule has 1 aromatic carbocycles. The molecular formula is C16H20O8. The van der Waals surface area contributed by atoms with Gasteiger partial charge < -0.3 is 35.4 Å². The number of ketones is 1. The lowest BCUT2D eigenvalue weighted by Crippen LogP contribution is -2.68. The molecule has 0 aliphatic heterocycles. The summed E-state index contributed by atoms with van der Waals surface area (Å²) in [6, 6.07) is 2.55. The highest BCUT2D eigenvalue weighted by Gasteiger charge is 2.61. The molecule has 0 aromatic heterocycles. The molecule has 24 heavy (non-hydrogen) atoms. The summed E-state index contributed by atoms with van der Waals surface area (Å²) in [7, 11) is 1.35. The summed E-state index contributed by atoms with van der Waals surface area (Å²) in [6.07, 6.45) is -6.61. The molecule has 2 aliphatic rings. The van der Waals surface area contributed by atoms with Gasteiger partial charge in [-0.15, -0.1) is 0 Å². The van der Waals surface area contributed by atoms with E-state index < -0.39 is 53.4 Å². The standard InChI is InChI=1S/C16H20O8/c1-16(23)14(21)10-9(13(20)15(16)22)12(19)8-6(11(10)18)3-5(24-2)4-7(8)17/h3-4,9-11,13-15,17-18,20-23H,1-2H3/t9-,10-,11-,13-,14+,15+,16-/m1/s1. The Balaban J connectivity index is 2.20. The van der Waals surface area contributed by atoms with Gasteiger partial charge in [-0.1, -0.05) is 0 Å². The zero-order chi connectivity index (χ0) is 18.0. The topological polar surface area (TPSA) is 148 Å². The van der Waals surface area contributed by atoms with Gasteiger partial charge in [-0.3, -0.25) is 4.79 Å². The van der Waals surface area contributed by atoms with Gasteiger partial charge in [-0.2, -0.15) is 0 Å². The van der Waals surface area contributed by atoms with E-state index in [4.69, 9.17) is 4.74 Å². The summed E-state index contributed by atoms with van der Waals surface area (Å²) in [5.74, 6) is -3.56. The van der Waals surface area contributed by atoms with Crippen molar-refractivity contribution in [1.29, 1.82) is 0 Å². The highest BCUT2D eigenvalue weighted by molar-refractivity contribution is 6.03. The lowest BCUT2D eigenvalue weighted by atomic mass is 9.59. The largest absolute Gasteiger partial charge is 0.507 e. The third-order valence-electron chi connectivity index (χ3n) is 5.26. The van der Waals surface area contributed by atoms with Gasteiger partial charge in [0, 0.05) is 12.0 Å². The Kier molecular flexibility index (Phi) is 3.85. The highest BCUT2D eigenvalue weighted by atomic mass is 16.5. The fraction of sp³-hybridized carbons (Fsp3) is 0.562. The van der Waals surface area contributed by atoms with Crippen molar-refractivity contribution in [2.75, 3.05) is 7.11 Å². The van der Waals surface area contributed by atoms with Gasteiger partial charge >= 0.3 is 0 Å². The predicted octanol–water partition coefficient (Wildman–Crippen LogP) is -1.29. The van der Waals surface area contributed by atoms with Gasteiger partial charge in [0.2, 0.25) is 0 Å². The Morgan fingerprint density at radius 1 is 1.12 bits per heavy atom. The third-order valence-corrected chi connectivity index (χ3v) is 5.26. The van der Waals surface area contributed by atoms with E-state index in [1.807, 2.05) is 0 Å². The van der Waals surface area contributed by atoms with E-state index in [-0.39, 0.29) is 16.9 Å². The number of phenolic OH excluding ortho intramolecular Hbond substituents is 1. The van der Waals surface area contributed by atoms with Crippen molar-refractivity contribution < 1.29 is 40.2 Å². The van der Waals surface area contributed by atoms with E-state index >= 15 is 0 Å². The minimum atomic E-state index is -2.11. The second-order valence-electron chi connectivity index (χ2n) is 6.63. The minimum absolute atomic E-state index is 0.0385. The predicted molar refractivity (Wildman–Crippen MR) is 79.6 cm³/mol. The first-order chi connectivity index (χ1) is 11.1. The van der Waals surface area contributed by atoms with Gasteiger partial charge in [0.15, 0.2) is 5.78 Å². The van der Waals surface area contributed by atoms with Crippen LogP contribution in [0.5, 0.6) is 11.5 Å². The number of aromatic hydroxyl groups is 1. The van der Waals surface area contributed by atoms with Crippen LogP contribution < -0.4 is 4.74 Å². The SMILES string of the molecule is COc1cc(O)c2c(c1)[C@@H](O)[C@H]1[C@H](C2=O)[C@@H](O)[C@H](O)[C@](C)(O)[C@H]1O. The molecule has 0 bridgehead atoms. The van der Waals surface area contributed by atoms with Crippen LogP contribution in [0.2, 0.25) is 0 Å². The molecule has 0 amide bonds. The van der Waals surface area contributed by atoms with Crippen LogP contribution in [0.3, 0.4) is 0 Å². The van der Waals surface area contributed by atoms with Crippen LogP contribution in [0.15, 0.2) is 12.1 Å². The number of aliphatic hydroxyl groups excluding tert-OH is 4. The van der Waals surface area contributed by atoms with Crippen LogP contribution in [-0.2, 0) is 0 Å². The van der Waals surface area contributed by atoms with Crippen molar-refractivity contribution in [1.82, 2.24) is 0 Å². The van der Waals surface area contributed by atoms with Gasteiger partial charge in [0.1, 0.15) is 23.2 Å². The average molecular weight is 340 g/mol. The first-order valence-electron chi connectivity index (χ1n) is 7.52. The number of fused-ring (bicyclic) bond motifs is 2. The molecule has 7 atom stereocenters. The zero-order valence-electron chi connectivity index (χ0n) is 13.1. The fourth-order valence-corrected chi connectivity index (χ4v) is 3.85. The number of phenols is 1. The van der Waals surface area contributed by atoms with E-state index in [2.05, 4.69) is 0 Å². The van der Waals surface area contributed by atoms with Gasteiger partial charge in [0.25, 0.3) is 0 Å². The molecule has 132 valence electrons. The molecule has 1 fully saturated rings. The Morgan fingerprint density at radius 2 is 1.75 bits per heavy atom.